The van der Waals surface area contributed by atoms with Gasteiger partial charge in [-0.2, -0.15) is 0 Å². The Balaban J connectivity index is 1.50. The molecule has 8 heteroatoms. The number of hydrogen-bond donors (Lipinski definition) is 2. The fraction of sp³-hybridized carbons (Fsp3) is 0.556. The van der Waals surface area contributed by atoms with E-state index in [9.17, 15) is 13.2 Å². The van der Waals surface area contributed by atoms with E-state index in [1.54, 1.807) is 18.2 Å². The average molecular weight is 378 g/mol. The molecule has 2 N–H and O–H groups in total. The van der Waals surface area contributed by atoms with Crippen LogP contribution in [0, 0.1) is 11.8 Å². The highest BCUT2D eigenvalue weighted by Crippen LogP contribution is 2.22. The average Bonchev–Trinajstić information content (AvgIpc) is 2.83. The number of piperidine rings is 1. The van der Waals surface area contributed by atoms with Gasteiger partial charge < -0.3 is 10.2 Å². The van der Waals surface area contributed by atoms with Crippen molar-refractivity contribution in [2.75, 3.05) is 32.7 Å². The molecule has 3 rings (SSSR count). The van der Waals surface area contributed by atoms with Gasteiger partial charge in [-0.1, -0.05) is 26.0 Å². The van der Waals surface area contributed by atoms with Crippen LogP contribution in [0.5, 0.6) is 0 Å². The number of amidine groups is 1. The van der Waals surface area contributed by atoms with Crippen LogP contribution in [0.25, 0.3) is 0 Å². The van der Waals surface area contributed by atoms with Crippen LogP contribution in [0.2, 0.25) is 0 Å². The number of hydrogen-bond acceptors (Lipinski definition) is 5. The van der Waals surface area contributed by atoms with Crippen LogP contribution in [0.1, 0.15) is 25.8 Å². The van der Waals surface area contributed by atoms with Gasteiger partial charge in [0.05, 0.1) is 4.90 Å². The predicted octanol–water partition coefficient (Wildman–Crippen LogP) is 0.819. The molecule has 2 aliphatic heterocycles. The lowest BCUT2D eigenvalue weighted by Gasteiger charge is -2.34. The van der Waals surface area contributed by atoms with E-state index in [1.807, 2.05) is 0 Å². The van der Waals surface area contributed by atoms with Crippen molar-refractivity contribution in [2.45, 2.75) is 25.2 Å². The fourth-order valence-corrected chi connectivity index (χ4v) is 5.04. The second kappa shape index (κ2) is 7.75. The second-order valence-electron chi connectivity index (χ2n) is 7.32. The summed E-state index contributed by atoms with van der Waals surface area (Å²) in [7, 11) is -3.56. The number of carbonyl (C=O) groups is 1. The number of aliphatic imine (C=N–C) groups is 1. The predicted molar refractivity (Wildman–Crippen MR) is 101 cm³/mol. The van der Waals surface area contributed by atoms with E-state index >= 15 is 0 Å². The first kappa shape index (κ1) is 18.8. The SMILES string of the molecule is CC1CC(C)CN(CCNC(=O)CN=C2NS(=O)(=O)c3ccccc32)C1. The molecule has 142 valence electrons. The highest BCUT2D eigenvalue weighted by molar-refractivity contribution is 7.90. The normalized spacial score (nSPS) is 26.3. The molecule has 0 saturated carbocycles. The minimum Gasteiger partial charge on any atom is -0.353 e. The quantitative estimate of drug-likeness (QED) is 0.794. The van der Waals surface area contributed by atoms with Gasteiger partial charge in [0.15, 0.2) is 0 Å². The van der Waals surface area contributed by atoms with Crippen molar-refractivity contribution in [1.29, 1.82) is 0 Å². The van der Waals surface area contributed by atoms with E-state index in [1.165, 1.54) is 12.5 Å². The first-order valence-corrected chi connectivity index (χ1v) is 10.5. The van der Waals surface area contributed by atoms with E-state index in [-0.39, 0.29) is 23.2 Å². The number of benzene rings is 1. The topological polar surface area (TPSA) is 90.9 Å². The molecule has 0 aliphatic carbocycles. The molecular formula is C18H26N4O3S. The van der Waals surface area contributed by atoms with E-state index in [4.69, 9.17) is 0 Å². The Labute approximate surface area is 154 Å². The second-order valence-corrected chi connectivity index (χ2v) is 8.97. The summed E-state index contributed by atoms with van der Waals surface area (Å²) >= 11 is 0. The van der Waals surface area contributed by atoms with Crippen molar-refractivity contribution in [3.63, 3.8) is 0 Å². The lowest BCUT2D eigenvalue weighted by atomic mass is 9.92. The number of fused-ring (bicyclic) bond motifs is 1. The summed E-state index contributed by atoms with van der Waals surface area (Å²) in [6.45, 7) is 7.97. The standard InChI is InChI=1S/C18H26N4O3S/c1-13-9-14(2)12-22(11-13)8-7-19-17(23)10-20-18-15-5-3-4-6-16(15)26(24,25)21-18/h3-6,13-14H,7-12H2,1-2H3,(H,19,23)(H,20,21). The lowest BCUT2D eigenvalue weighted by Crippen LogP contribution is -2.43. The van der Waals surface area contributed by atoms with Crippen LogP contribution >= 0.6 is 0 Å². The molecule has 1 fully saturated rings. The third-order valence-electron chi connectivity index (χ3n) is 4.74. The fourth-order valence-electron chi connectivity index (χ4n) is 3.79. The molecule has 2 aliphatic rings. The summed E-state index contributed by atoms with van der Waals surface area (Å²) in [5.41, 5.74) is 0.511. The van der Waals surface area contributed by atoms with Gasteiger partial charge in [0, 0.05) is 31.7 Å². The molecule has 0 spiro atoms. The highest BCUT2D eigenvalue weighted by Gasteiger charge is 2.30. The number of nitrogens with one attached hydrogen (secondary N) is 2. The molecule has 1 aromatic carbocycles. The Morgan fingerprint density at radius 2 is 1.96 bits per heavy atom. The van der Waals surface area contributed by atoms with Crippen LogP contribution in [0.3, 0.4) is 0 Å². The lowest BCUT2D eigenvalue weighted by molar-refractivity contribution is -0.119. The smallest absolute Gasteiger partial charge is 0.263 e. The van der Waals surface area contributed by atoms with Gasteiger partial charge in [-0.25, -0.2) is 8.42 Å². The van der Waals surface area contributed by atoms with Gasteiger partial charge in [0.25, 0.3) is 10.0 Å². The molecule has 0 radical (unpaired) electrons. The van der Waals surface area contributed by atoms with E-state index < -0.39 is 10.0 Å². The molecule has 1 saturated heterocycles. The first-order chi connectivity index (χ1) is 12.3. The van der Waals surface area contributed by atoms with E-state index in [0.29, 0.717) is 23.9 Å². The molecule has 7 nitrogen and oxygen atoms in total. The third-order valence-corrected chi connectivity index (χ3v) is 6.14. The van der Waals surface area contributed by atoms with Crippen molar-refractivity contribution in [3.05, 3.63) is 29.8 Å². The van der Waals surface area contributed by atoms with Crippen LogP contribution < -0.4 is 10.0 Å². The number of likely N-dealkylation sites (tertiary alicyclic amines) is 1. The maximum absolute atomic E-state index is 12.0. The van der Waals surface area contributed by atoms with Gasteiger partial charge in [-0.15, -0.1) is 0 Å². The van der Waals surface area contributed by atoms with Crippen LogP contribution in [-0.2, 0) is 14.8 Å². The zero-order chi connectivity index (χ0) is 18.7. The number of sulfonamides is 1. The van der Waals surface area contributed by atoms with Crippen LogP contribution in [0.15, 0.2) is 34.2 Å². The van der Waals surface area contributed by atoms with Crippen LogP contribution in [0.4, 0.5) is 0 Å². The number of carbonyl (C=O) groups excluding carboxylic acids is 1. The molecule has 2 unspecified atom stereocenters. The van der Waals surface area contributed by atoms with Crippen molar-refractivity contribution >= 4 is 21.8 Å². The summed E-state index contributed by atoms with van der Waals surface area (Å²) in [5, 5.41) is 2.86. The summed E-state index contributed by atoms with van der Waals surface area (Å²) in [6.07, 6.45) is 1.26. The molecule has 1 amide bonds. The van der Waals surface area contributed by atoms with Crippen LogP contribution in [-0.4, -0.2) is 57.8 Å². The summed E-state index contributed by atoms with van der Waals surface area (Å²) in [5.74, 6) is 1.40. The Morgan fingerprint density at radius 3 is 2.69 bits per heavy atom. The Kier molecular flexibility index (Phi) is 5.62. The third kappa shape index (κ3) is 4.42. The molecule has 26 heavy (non-hydrogen) atoms. The molecule has 0 aromatic heterocycles. The molecule has 2 atom stereocenters. The largest absolute Gasteiger partial charge is 0.353 e. The number of amides is 1. The maximum atomic E-state index is 12.0. The Morgan fingerprint density at radius 1 is 1.27 bits per heavy atom. The number of rotatable bonds is 5. The number of nitrogens with zero attached hydrogens (tertiary/aromatic N) is 2. The first-order valence-electron chi connectivity index (χ1n) is 9.01. The highest BCUT2D eigenvalue weighted by atomic mass is 32.2. The van der Waals surface area contributed by atoms with Gasteiger partial charge in [0.1, 0.15) is 12.4 Å². The molecular weight excluding hydrogens is 352 g/mol. The van der Waals surface area contributed by atoms with Gasteiger partial charge >= 0.3 is 0 Å². The molecule has 2 heterocycles. The van der Waals surface area contributed by atoms with E-state index in [0.717, 1.165) is 19.6 Å². The zero-order valence-electron chi connectivity index (χ0n) is 15.2. The van der Waals surface area contributed by atoms with Crippen molar-refractivity contribution in [2.24, 2.45) is 16.8 Å². The van der Waals surface area contributed by atoms with Crippen molar-refractivity contribution < 1.29 is 13.2 Å². The zero-order valence-corrected chi connectivity index (χ0v) is 16.1. The minimum absolute atomic E-state index is 0.0982. The van der Waals surface area contributed by atoms with Gasteiger partial charge in [-0.3, -0.25) is 14.5 Å². The monoisotopic (exact) mass is 378 g/mol. The summed E-state index contributed by atoms with van der Waals surface area (Å²) in [4.78, 5) is 18.8. The van der Waals surface area contributed by atoms with Gasteiger partial charge in [0.2, 0.25) is 5.91 Å². The van der Waals surface area contributed by atoms with E-state index in [2.05, 4.69) is 33.8 Å². The molecule has 0 bridgehead atoms. The Bertz CT molecular complexity index is 796. The maximum Gasteiger partial charge on any atom is 0.263 e. The summed E-state index contributed by atoms with van der Waals surface area (Å²) in [6, 6.07) is 6.62. The van der Waals surface area contributed by atoms with Gasteiger partial charge in [-0.05, 0) is 30.4 Å². The molecule has 1 aromatic rings. The van der Waals surface area contributed by atoms with Crippen molar-refractivity contribution in [1.82, 2.24) is 14.9 Å². The minimum atomic E-state index is -3.56. The van der Waals surface area contributed by atoms with Crippen molar-refractivity contribution in [3.8, 4) is 0 Å². The Hall–Kier alpha value is -1.93. The summed E-state index contributed by atoms with van der Waals surface area (Å²) < 4.78 is 26.4.